The van der Waals surface area contributed by atoms with Crippen molar-refractivity contribution in [3.63, 3.8) is 0 Å². The number of aliphatic hydroxyl groups is 10. The van der Waals surface area contributed by atoms with Crippen LogP contribution < -0.4 is 5.32 Å². The van der Waals surface area contributed by atoms with E-state index in [2.05, 4.69) is 31.3 Å². The Balaban J connectivity index is 1.91. The Morgan fingerprint density at radius 3 is 1.48 bits per heavy atom. The number of unbranched alkanes of at least 4 members (excludes halogenated alkanes) is 23. The van der Waals surface area contributed by atoms with Gasteiger partial charge in [0.1, 0.15) is 61.0 Å². The number of aliphatic hydroxyl groups excluding tert-OH is 10. The van der Waals surface area contributed by atoms with Gasteiger partial charge in [0.2, 0.25) is 5.91 Å². The molecule has 0 bridgehead atoms. The lowest BCUT2D eigenvalue weighted by Gasteiger charge is -2.46. The number of carbonyl (C=O) groups is 1. The van der Waals surface area contributed by atoms with Crippen LogP contribution in [0.2, 0.25) is 0 Å². The Morgan fingerprint density at radius 2 is 0.985 bits per heavy atom. The molecule has 14 atom stereocenters. The van der Waals surface area contributed by atoms with E-state index in [1.165, 1.54) is 83.5 Å². The van der Waals surface area contributed by atoms with Gasteiger partial charge in [0.05, 0.1) is 32.0 Å². The molecule has 66 heavy (non-hydrogen) atoms. The van der Waals surface area contributed by atoms with Gasteiger partial charge in [-0.3, -0.25) is 4.79 Å². The maximum atomic E-state index is 13.3. The summed E-state index contributed by atoms with van der Waals surface area (Å²) in [5.74, 6) is -0.762. The standard InChI is InChI=1S/C50H95NO15/c1-3-5-7-9-11-13-15-17-18-19-20-22-23-25-27-29-31-37(54)41(56)36(51-48(62)38(55)32-30-28-26-24-21-16-14-12-10-8-6-4-2)35-63-49-46(61)44(59)47(40(34-53)65-49)66-50-45(60)43(58)42(57)39(33-52)64-50/h17-18,36-47,49-50,52-61H,3-16,19-35H2,1-2H3,(H,51,62)/b18-17-/t36-,37+,38+,39+,40+,41-,42-,43-,44+,45+,46+,47+,49+,50-/m0/s1. The Bertz CT molecular complexity index is 1200. The summed E-state index contributed by atoms with van der Waals surface area (Å²) in [6.07, 6.45) is 13.7. The summed E-state index contributed by atoms with van der Waals surface area (Å²) < 4.78 is 22.5. The Labute approximate surface area is 396 Å². The molecule has 390 valence electrons. The van der Waals surface area contributed by atoms with Crippen molar-refractivity contribution in [1.82, 2.24) is 5.32 Å². The van der Waals surface area contributed by atoms with Crippen molar-refractivity contribution in [2.75, 3.05) is 19.8 Å². The average molecular weight is 950 g/mol. The van der Waals surface area contributed by atoms with E-state index in [1.807, 2.05) is 0 Å². The normalized spacial score (nSPS) is 27.8. The smallest absolute Gasteiger partial charge is 0.249 e. The molecule has 0 aromatic rings. The van der Waals surface area contributed by atoms with Gasteiger partial charge in [-0.1, -0.05) is 167 Å². The van der Waals surface area contributed by atoms with Gasteiger partial charge in [-0.25, -0.2) is 0 Å². The highest BCUT2D eigenvalue weighted by molar-refractivity contribution is 5.80. The molecule has 0 radical (unpaired) electrons. The van der Waals surface area contributed by atoms with Crippen molar-refractivity contribution in [3.05, 3.63) is 12.2 Å². The molecular weight excluding hydrogens is 855 g/mol. The zero-order valence-electron chi connectivity index (χ0n) is 40.7. The van der Waals surface area contributed by atoms with Crippen LogP contribution in [0.25, 0.3) is 0 Å². The second-order valence-electron chi connectivity index (χ2n) is 18.9. The van der Waals surface area contributed by atoms with Crippen LogP contribution in [-0.4, -0.2) is 163 Å². The van der Waals surface area contributed by atoms with Crippen molar-refractivity contribution in [2.45, 2.75) is 279 Å². The van der Waals surface area contributed by atoms with E-state index in [0.29, 0.717) is 12.8 Å². The molecule has 0 aromatic carbocycles. The molecule has 0 aliphatic carbocycles. The highest BCUT2D eigenvalue weighted by atomic mass is 16.7. The minimum Gasteiger partial charge on any atom is -0.394 e. The molecule has 2 aliphatic rings. The fourth-order valence-electron chi connectivity index (χ4n) is 8.75. The molecule has 2 saturated heterocycles. The molecule has 0 saturated carbocycles. The molecule has 1 amide bonds. The van der Waals surface area contributed by atoms with E-state index < -0.39 is 111 Å². The zero-order chi connectivity index (χ0) is 48.5. The number of nitrogens with one attached hydrogen (secondary N) is 1. The summed E-state index contributed by atoms with van der Waals surface area (Å²) in [6, 6.07) is -1.28. The van der Waals surface area contributed by atoms with Crippen LogP contribution in [0.3, 0.4) is 0 Å². The van der Waals surface area contributed by atoms with Gasteiger partial charge in [-0.15, -0.1) is 0 Å². The van der Waals surface area contributed by atoms with Crippen LogP contribution in [0.5, 0.6) is 0 Å². The lowest BCUT2D eigenvalue weighted by atomic mass is 9.97. The van der Waals surface area contributed by atoms with E-state index in [-0.39, 0.29) is 12.8 Å². The molecule has 0 unspecified atom stereocenters. The third-order valence-corrected chi connectivity index (χ3v) is 13.2. The number of amides is 1. The van der Waals surface area contributed by atoms with E-state index in [1.54, 1.807) is 0 Å². The predicted octanol–water partition coefficient (Wildman–Crippen LogP) is 4.71. The Hall–Kier alpha value is -1.35. The van der Waals surface area contributed by atoms with Gasteiger partial charge >= 0.3 is 0 Å². The number of carbonyl (C=O) groups excluding carboxylic acids is 1. The van der Waals surface area contributed by atoms with Gasteiger partial charge in [0.15, 0.2) is 12.6 Å². The molecule has 16 heteroatoms. The minimum absolute atomic E-state index is 0.204. The van der Waals surface area contributed by atoms with Gasteiger partial charge in [-0.2, -0.15) is 0 Å². The van der Waals surface area contributed by atoms with E-state index in [4.69, 9.17) is 18.9 Å². The van der Waals surface area contributed by atoms with Crippen LogP contribution >= 0.6 is 0 Å². The van der Waals surface area contributed by atoms with Crippen molar-refractivity contribution >= 4 is 5.91 Å². The lowest BCUT2D eigenvalue weighted by Crippen LogP contribution is -2.65. The van der Waals surface area contributed by atoms with Crippen LogP contribution in [0.15, 0.2) is 12.2 Å². The summed E-state index contributed by atoms with van der Waals surface area (Å²) in [5, 5.41) is 108. The molecule has 2 heterocycles. The van der Waals surface area contributed by atoms with Crippen molar-refractivity contribution in [3.8, 4) is 0 Å². The number of ether oxygens (including phenoxy) is 4. The maximum absolute atomic E-state index is 13.3. The summed E-state index contributed by atoms with van der Waals surface area (Å²) in [4.78, 5) is 13.3. The Morgan fingerprint density at radius 1 is 0.545 bits per heavy atom. The molecule has 11 N–H and O–H groups in total. The molecular formula is C50H95NO15. The van der Waals surface area contributed by atoms with E-state index in [9.17, 15) is 55.9 Å². The van der Waals surface area contributed by atoms with Gasteiger partial charge in [0.25, 0.3) is 0 Å². The molecule has 0 spiro atoms. The van der Waals surface area contributed by atoms with Crippen LogP contribution in [0, 0.1) is 0 Å². The molecule has 2 fully saturated rings. The quantitative estimate of drug-likeness (QED) is 0.0293. The maximum Gasteiger partial charge on any atom is 0.249 e. The first-order valence-electron chi connectivity index (χ1n) is 26.1. The first-order valence-corrected chi connectivity index (χ1v) is 26.1. The topological polar surface area (TPSA) is 268 Å². The van der Waals surface area contributed by atoms with Crippen LogP contribution in [0.4, 0.5) is 0 Å². The summed E-state index contributed by atoms with van der Waals surface area (Å²) in [7, 11) is 0. The highest BCUT2D eigenvalue weighted by Crippen LogP contribution is 2.30. The molecule has 16 nitrogen and oxygen atoms in total. The number of allylic oxidation sites excluding steroid dienone is 2. The number of hydrogen-bond acceptors (Lipinski definition) is 15. The third kappa shape index (κ3) is 24.0. The second-order valence-corrected chi connectivity index (χ2v) is 18.9. The number of hydrogen-bond donors (Lipinski definition) is 11. The van der Waals surface area contributed by atoms with E-state index in [0.717, 1.165) is 70.6 Å². The third-order valence-electron chi connectivity index (χ3n) is 13.2. The summed E-state index contributed by atoms with van der Waals surface area (Å²) >= 11 is 0. The lowest BCUT2D eigenvalue weighted by molar-refractivity contribution is -0.359. The predicted molar refractivity (Wildman–Crippen MR) is 252 cm³/mol. The van der Waals surface area contributed by atoms with Crippen molar-refractivity contribution in [2.24, 2.45) is 0 Å². The van der Waals surface area contributed by atoms with Gasteiger partial charge < -0.3 is 75.3 Å². The highest BCUT2D eigenvalue weighted by Gasteiger charge is 2.51. The van der Waals surface area contributed by atoms with Crippen molar-refractivity contribution in [1.29, 1.82) is 0 Å². The second kappa shape index (κ2) is 37.5. The zero-order valence-corrected chi connectivity index (χ0v) is 40.7. The molecule has 0 aromatic heterocycles. The van der Waals surface area contributed by atoms with Gasteiger partial charge in [-0.05, 0) is 38.5 Å². The fourth-order valence-corrected chi connectivity index (χ4v) is 8.75. The number of rotatable bonds is 40. The monoisotopic (exact) mass is 950 g/mol. The average Bonchev–Trinajstić information content (AvgIpc) is 3.31. The van der Waals surface area contributed by atoms with Crippen molar-refractivity contribution < 1.29 is 74.8 Å². The Kier molecular flexibility index (Phi) is 34.5. The molecule has 2 rings (SSSR count). The van der Waals surface area contributed by atoms with Crippen LogP contribution in [0.1, 0.15) is 194 Å². The first-order chi connectivity index (χ1) is 31.9. The molecule has 2 aliphatic heterocycles. The van der Waals surface area contributed by atoms with E-state index >= 15 is 0 Å². The first kappa shape index (κ1) is 60.8. The SMILES string of the molecule is CCCCCCCC/C=C\CCCCCCCC[C@@H](O)[C@@H](O)[C@H](CO[C@@H]1O[C@H](CO)[C@@H](O[C@@H]2O[C@H](CO)[C@H](O)[C@H](O)[C@H]2O)[C@H](O)[C@H]1O)NC(=O)[C@H](O)CCCCCCCCCCCCCC. The largest absolute Gasteiger partial charge is 0.394 e. The fraction of sp³-hybridized carbons (Fsp3) is 0.940. The summed E-state index contributed by atoms with van der Waals surface area (Å²) in [5.41, 5.74) is 0. The minimum atomic E-state index is -1.85. The van der Waals surface area contributed by atoms with Gasteiger partial charge in [0, 0.05) is 0 Å². The van der Waals surface area contributed by atoms with Crippen LogP contribution in [-0.2, 0) is 23.7 Å². The summed E-state index contributed by atoms with van der Waals surface area (Å²) in [6.45, 7) is 2.40.